The summed E-state index contributed by atoms with van der Waals surface area (Å²) in [6.45, 7) is 0.450. The van der Waals surface area contributed by atoms with Crippen molar-refractivity contribution in [3.8, 4) is 6.07 Å². The number of nitrogens with two attached hydrogens (primary N) is 1. The van der Waals surface area contributed by atoms with Gasteiger partial charge in [-0.05, 0) is 30.9 Å². The molecule has 2 aromatic heterocycles. The van der Waals surface area contributed by atoms with E-state index in [-0.39, 0.29) is 30.4 Å². The Hall–Kier alpha value is -3.76. The summed E-state index contributed by atoms with van der Waals surface area (Å²) < 4.78 is 18.2. The quantitative estimate of drug-likeness (QED) is 0.412. The number of carbonyl (C=O) groups is 3. The van der Waals surface area contributed by atoms with Crippen LogP contribution in [0, 0.1) is 17.2 Å². The van der Waals surface area contributed by atoms with Gasteiger partial charge in [0, 0.05) is 13.3 Å². The lowest BCUT2D eigenvalue weighted by molar-refractivity contribution is -0.161. The molecule has 13 nitrogen and oxygen atoms in total. The molecule has 0 unspecified atom stereocenters. The number of aliphatic hydroxyl groups excluding tert-OH is 1. The smallest absolute Gasteiger partial charge is 0.325 e. The van der Waals surface area contributed by atoms with Crippen molar-refractivity contribution in [2.75, 3.05) is 18.9 Å². The van der Waals surface area contributed by atoms with Gasteiger partial charge in [0.25, 0.3) is 0 Å². The molecule has 2 aromatic rings. The summed E-state index contributed by atoms with van der Waals surface area (Å²) in [5.74, 6) is -1.37. The van der Waals surface area contributed by atoms with E-state index >= 15 is 0 Å². The van der Waals surface area contributed by atoms with E-state index in [1.54, 1.807) is 6.07 Å². The Labute approximate surface area is 212 Å². The summed E-state index contributed by atoms with van der Waals surface area (Å²) in [4.78, 5) is 39.9. The van der Waals surface area contributed by atoms with Crippen molar-refractivity contribution in [3.05, 3.63) is 24.2 Å². The maximum Gasteiger partial charge on any atom is 0.325 e. The number of nitrogen functional groups attached to an aromatic ring is 1. The van der Waals surface area contributed by atoms with Crippen LogP contribution in [-0.2, 0) is 34.2 Å². The SMILES string of the molecule is CC(=O)NCC(=O)OC[C@H]1O[C@@](C#N)(c2ccc3c(N)ncnn23)[C@H](O)[C@@H]1OC(=O)CC1CCCCC1. The average Bonchev–Trinajstić information content (AvgIpc) is 3.43. The van der Waals surface area contributed by atoms with Crippen molar-refractivity contribution in [3.63, 3.8) is 0 Å². The molecule has 198 valence electrons. The van der Waals surface area contributed by atoms with Gasteiger partial charge in [-0.1, -0.05) is 19.3 Å². The number of esters is 2. The van der Waals surface area contributed by atoms with Gasteiger partial charge in [0.2, 0.25) is 11.5 Å². The first-order chi connectivity index (χ1) is 17.7. The highest BCUT2D eigenvalue weighted by molar-refractivity contribution is 5.80. The third-order valence-electron chi connectivity index (χ3n) is 6.80. The highest BCUT2D eigenvalue weighted by Gasteiger charge is 2.60. The fourth-order valence-electron chi connectivity index (χ4n) is 4.92. The first-order valence-electron chi connectivity index (χ1n) is 12.2. The third kappa shape index (κ3) is 5.50. The second kappa shape index (κ2) is 11.1. The summed E-state index contributed by atoms with van der Waals surface area (Å²) in [5.41, 5.74) is 4.43. The van der Waals surface area contributed by atoms with Gasteiger partial charge in [-0.2, -0.15) is 10.4 Å². The topological polar surface area (TPSA) is 191 Å². The van der Waals surface area contributed by atoms with Crippen molar-refractivity contribution in [2.24, 2.45) is 5.92 Å². The number of aromatic nitrogens is 3. The molecule has 0 spiro atoms. The average molecular weight is 515 g/mol. The molecular weight excluding hydrogens is 484 g/mol. The Morgan fingerprint density at radius 2 is 2.05 bits per heavy atom. The van der Waals surface area contributed by atoms with Gasteiger partial charge in [-0.15, -0.1) is 0 Å². The van der Waals surface area contributed by atoms with Gasteiger partial charge in [-0.3, -0.25) is 14.4 Å². The molecule has 4 rings (SSSR count). The molecule has 2 fully saturated rings. The Kier molecular flexibility index (Phi) is 7.89. The first-order valence-corrected chi connectivity index (χ1v) is 12.2. The van der Waals surface area contributed by atoms with Gasteiger partial charge >= 0.3 is 11.9 Å². The number of nitriles is 1. The van der Waals surface area contributed by atoms with E-state index in [0.29, 0.717) is 5.52 Å². The Bertz CT molecular complexity index is 1200. The fraction of sp³-hybridized carbons (Fsp3) is 0.583. The Morgan fingerprint density at radius 1 is 1.30 bits per heavy atom. The normalized spacial score (nSPS) is 25.9. The summed E-state index contributed by atoms with van der Waals surface area (Å²) in [6.07, 6.45) is 2.32. The van der Waals surface area contributed by atoms with Gasteiger partial charge < -0.3 is 30.4 Å². The number of nitrogens with one attached hydrogen (secondary N) is 1. The molecule has 1 aliphatic carbocycles. The minimum absolute atomic E-state index is 0.145. The second-order valence-electron chi connectivity index (χ2n) is 9.36. The Balaban J connectivity index is 1.59. The number of carbonyl (C=O) groups excluding carboxylic acids is 3. The largest absolute Gasteiger partial charge is 0.461 e. The number of aliphatic hydroxyl groups is 1. The van der Waals surface area contributed by atoms with Crippen LogP contribution in [0.1, 0.15) is 51.1 Å². The monoisotopic (exact) mass is 514 g/mol. The molecule has 0 aromatic carbocycles. The lowest BCUT2D eigenvalue weighted by atomic mass is 9.87. The van der Waals surface area contributed by atoms with Crippen LogP contribution in [0.15, 0.2) is 18.5 Å². The standard InChI is InChI=1S/C24H30N6O7/c1-14(31)27-10-20(33)35-11-17-21(36-19(32)9-15-5-3-2-4-6-15)22(34)24(12-25,37-17)18-8-7-16-23(26)28-13-29-30(16)18/h7-8,13,15,17,21-22,34H,2-6,9-11H2,1H3,(H,27,31)(H2,26,28,29)/t17-,21-,22-,24+/m1/s1. The number of ether oxygens (including phenoxy) is 3. The molecule has 0 bridgehead atoms. The molecule has 4 atom stereocenters. The number of hydrogen-bond acceptors (Lipinski definition) is 11. The van der Waals surface area contributed by atoms with Crippen LogP contribution in [0.3, 0.4) is 0 Å². The summed E-state index contributed by atoms with van der Waals surface area (Å²) in [7, 11) is 0. The molecule has 13 heteroatoms. The van der Waals surface area contributed by atoms with E-state index in [9.17, 15) is 24.8 Å². The number of nitrogens with zero attached hydrogens (tertiary/aromatic N) is 4. The maximum absolute atomic E-state index is 12.8. The minimum atomic E-state index is -2.02. The number of hydrogen-bond donors (Lipinski definition) is 3. The summed E-state index contributed by atoms with van der Waals surface area (Å²) in [5, 5.41) is 28.0. The zero-order valence-electron chi connectivity index (χ0n) is 20.5. The molecule has 1 amide bonds. The predicted molar refractivity (Wildman–Crippen MR) is 126 cm³/mol. The van der Waals surface area contributed by atoms with E-state index in [2.05, 4.69) is 15.4 Å². The molecule has 2 aliphatic rings. The van der Waals surface area contributed by atoms with Gasteiger partial charge in [-0.25, -0.2) is 9.50 Å². The van der Waals surface area contributed by atoms with E-state index in [1.807, 2.05) is 6.07 Å². The highest BCUT2D eigenvalue weighted by atomic mass is 16.6. The van der Waals surface area contributed by atoms with Gasteiger partial charge in [0.1, 0.15) is 43.3 Å². The number of anilines is 1. The molecule has 3 heterocycles. The van der Waals surface area contributed by atoms with E-state index in [4.69, 9.17) is 19.9 Å². The minimum Gasteiger partial charge on any atom is -0.461 e. The van der Waals surface area contributed by atoms with Crippen LogP contribution >= 0.6 is 0 Å². The van der Waals surface area contributed by atoms with Gasteiger partial charge in [0.15, 0.2) is 11.9 Å². The van der Waals surface area contributed by atoms with Crippen molar-refractivity contribution in [1.82, 2.24) is 19.9 Å². The third-order valence-corrected chi connectivity index (χ3v) is 6.80. The molecule has 4 N–H and O–H groups in total. The lowest BCUT2D eigenvalue weighted by Gasteiger charge is -2.25. The van der Waals surface area contributed by atoms with Crippen molar-refractivity contribution in [2.45, 2.75) is 69.4 Å². The van der Waals surface area contributed by atoms with Crippen molar-refractivity contribution >= 4 is 29.2 Å². The van der Waals surface area contributed by atoms with Gasteiger partial charge in [0.05, 0.1) is 5.69 Å². The summed E-state index contributed by atoms with van der Waals surface area (Å²) in [6, 6.07) is 5.09. The lowest BCUT2D eigenvalue weighted by Crippen LogP contribution is -2.43. The molecule has 1 aliphatic heterocycles. The summed E-state index contributed by atoms with van der Waals surface area (Å²) >= 11 is 0. The molecular formula is C24H30N6O7. The Morgan fingerprint density at radius 3 is 2.76 bits per heavy atom. The van der Waals surface area contributed by atoms with Crippen LogP contribution in [0.2, 0.25) is 0 Å². The van der Waals surface area contributed by atoms with Crippen LogP contribution in [0.4, 0.5) is 5.82 Å². The number of amides is 1. The number of rotatable bonds is 8. The number of fused-ring (bicyclic) bond motifs is 1. The molecule has 37 heavy (non-hydrogen) atoms. The zero-order valence-corrected chi connectivity index (χ0v) is 20.5. The van der Waals surface area contributed by atoms with Crippen LogP contribution in [0.25, 0.3) is 5.52 Å². The zero-order chi connectivity index (χ0) is 26.6. The van der Waals surface area contributed by atoms with Crippen LogP contribution in [0.5, 0.6) is 0 Å². The second-order valence-corrected chi connectivity index (χ2v) is 9.36. The van der Waals surface area contributed by atoms with E-state index in [0.717, 1.165) is 32.1 Å². The fourth-order valence-corrected chi connectivity index (χ4v) is 4.92. The maximum atomic E-state index is 12.8. The molecule has 1 saturated carbocycles. The van der Waals surface area contributed by atoms with E-state index < -0.39 is 48.4 Å². The first kappa shape index (κ1) is 26.3. The highest BCUT2D eigenvalue weighted by Crippen LogP contribution is 2.42. The van der Waals surface area contributed by atoms with Crippen LogP contribution in [-0.4, -0.2) is 69.0 Å². The molecule has 1 saturated heterocycles. The predicted octanol–water partition coefficient (Wildman–Crippen LogP) is 0.352. The van der Waals surface area contributed by atoms with Crippen molar-refractivity contribution < 1.29 is 33.7 Å². The van der Waals surface area contributed by atoms with E-state index in [1.165, 1.54) is 23.8 Å². The van der Waals surface area contributed by atoms with Crippen molar-refractivity contribution in [1.29, 1.82) is 5.26 Å². The van der Waals surface area contributed by atoms with Crippen LogP contribution < -0.4 is 11.1 Å². The molecule has 0 radical (unpaired) electrons.